The summed E-state index contributed by atoms with van der Waals surface area (Å²) in [6, 6.07) is 10.6. The molecule has 0 aliphatic rings. The van der Waals surface area contributed by atoms with E-state index in [0.29, 0.717) is 0 Å². The maximum Gasteiger partial charge on any atom is 0.0675 e. The van der Waals surface area contributed by atoms with Crippen LogP contribution in [0.15, 0.2) is 67.4 Å². The van der Waals surface area contributed by atoms with Gasteiger partial charge in [0, 0.05) is 23.3 Å². The normalized spacial score (nSPS) is 12.6. The SMILES string of the molecule is C=C/C=C\C=C(/C)c1cc2c3ccccc3n(C)c2cn1. The predicted molar refractivity (Wildman–Crippen MR) is 91.2 cm³/mol. The van der Waals surface area contributed by atoms with Crippen LogP contribution in [-0.4, -0.2) is 9.55 Å². The van der Waals surface area contributed by atoms with E-state index in [1.165, 1.54) is 16.3 Å². The van der Waals surface area contributed by atoms with E-state index >= 15 is 0 Å². The highest BCUT2D eigenvalue weighted by molar-refractivity contribution is 6.08. The number of fused-ring (bicyclic) bond motifs is 3. The fourth-order valence-corrected chi connectivity index (χ4v) is 2.63. The Morgan fingerprint density at radius 2 is 1.95 bits per heavy atom. The van der Waals surface area contributed by atoms with Crippen molar-refractivity contribution in [2.24, 2.45) is 7.05 Å². The van der Waals surface area contributed by atoms with Gasteiger partial charge in [-0.25, -0.2) is 0 Å². The molecule has 0 amide bonds. The molecule has 0 fully saturated rings. The van der Waals surface area contributed by atoms with Crippen LogP contribution in [0.3, 0.4) is 0 Å². The van der Waals surface area contributed by atoms with Gasteiger partial charge in [0.1, 0.15) is 0 Å². The largest absolute Gasteiger partial charge is 0.342 e. The summed E-state index contributed by atoms with van der Waals surface area (Å²) in [4.78, 5) is 4.59. The maximum atomic E-state index is 4.59. The quantitative estimate of drug-likeness (QED) is 0.623. The van der Waals surface area contributed by atoms with Gasteiger partial charge in [-0.05, 0) is 24.6 Å². The van der Waals surface area contributed by atoms with Crippen molar-refractivity contribution in [1.82, 2.24) is 9.55 Å². The molecule has 0 N–H and O–H groups in total. The van der Waals surface area contributed by atoms with E-state index in [2.05, 4.69) is 66.5 Å². The van der Waals surface area contributed by atoms with Crippen molar-refractivity contribution >= 4 is 27.4 Å². The molecule has 0 spiro atoms. The van der Waals surface area contributed by atoms with Crippen molar-refractivity contribution < 1.29 is 0 Å². The van der Waals surface area contributed by atoms with Crippen molar-refractivity contribution in [3.8, 4) is 0 Å². The van der Waals surface area contributed by atoms with Gasteiger partial charge < -0.3 is 4.57 Å². The molecule has 0 bridgehead atoms. The predicted octanol–water partition coefficient (Wildman–Crippen LogP) is 4.87. The van der Waals surface area contributed by atoms with Gasteiger partial charge in [0.2, 0.25) is 0 Å². The second-order valence-electron chi connectivity index (χ2n) is 5.13. The average molecular weight is 274 g/mol. The second kappa shape index (κ2) is 5.41. The Morgan fingerprint density at radius 3 is 2.76 bits per heavy atom. The minimum Gasteiger partial charge on any atom is -0.342 e. The highest BCUT2D eigenvalue weighted by Crippen LogP contribution is 2.29. The van der Waals surface area contributed by atoms with Gasteiger partial charge in [-0.2, -0.15) is 0 Å². The van der Waals surface area contributed by atoms with E-state index in [-0.39, 0.29) is 0 Å². The Kier molecular flexibility index (Phi) is 3.44. The first-order valence-corrected chi connectivity index (χ1v) is 7.02. The Bertz CT molecular complexity index is 879. The molecule has 0 unspecified atom stereocenters. The topological polar surface area (TPSA) is 17.8 Å². The average Bonchev–Trinajstić information content (AvgIpc) is 2.81. The van der Waals surface area contributed by atoms with E-state index in [1.807, 2.05) is 18.3 Å². The van der Waals surface area contributed by atoms with E-state index in [9.17, 15) is 0 Å². The van der Waals surface area contributed by atoms with Gasteiger partial charge in [0.05, 0.1) is 17.4 Å². The van der Waals surface area contributed by atoms with Gasteiger partial charge in [-0.15, -0.1) is 0 Å². The van der Waals surface area contributed by atoms with Crippen LogP contribution >= 0.6 is 0 Å². The first kappa shape index (κ1) is 13.4. The number of aryl methyl sites for hydroxylation is 1. The van der Waals surface area contributed by atoms with Crippen LogP contribution in [0.25, 0.3) is 27.4 Å². The van der Waals surface area contributed by atoms with Gasteiger partial charge in [0.25, 0.3) is 0 Å². The number of allylic oxidation sites excluding steroid dienone is 5. The van der Waals surface area contributed by atoms with E-state index in [4.69, 9.17) is 0 Å². The molecule has 2 heteroatoms. The summed E-state index contributed by atoms with van der Waals surface area (Å²) in [6.45, 7) is 5.75. The smallest absolute Gasteiger partial charge is 0.0675 e. The number of nitrogens with zero attached hydrogens (tertiary/aromatic N) is 2. The second-order valence-corrected chi connectivity index (χ2v) is 5.13. The zero-order valence-corrected chi connectivity index (χ0v) is 12.4. The van der Waals surface area contributed by atoms with Gasteiger partial charge in [-0.1, -0.05) is 49.1 Å². The number of hydrogen-bond acceptors (Lipinski definition) is 1. The summed E-state index contributed by atoms with van der Waals surface area (Å²) in [7, 11) is 2.08. The molecule has 0 radical (unpaired) electrons. The molecule has 3 rings (SSSR count). The lowest BCUT2D eigenvalue weighted by Crippen LogP contribution is -1.89. The lowest BCUT2D eigenvalue weighted by molar-refractivity contribution is 1.01. The first-order chi connectivity index (χ1) is 10.2. The number of rotatable bonds is 3. The van der Waals surface area contributed by atoms with Crippen LogP contribution < -0.4 is 0 Å². The molecule has 2 nitrogen and oxygen atoms in total. The van der Waals surface area contributed by atoms with Crippen LogP contribution in [0.2, 0.25) is 0 Å². The Hall–Kier alpha value is -2.61. The summed E-state index contributed by atoms with van der Waals surface area (Å²) in [5, 5.41) is 2.52. The van der Waals surface area contributed by atoms with Crippen molar-refractivity contribution in [2.45, 2.75) is 6.92 Å². The van der Waals surface area contributed by atoms with Crippen molar-refractivity contribution in [3.63, 3.8) is 0 Å². The first-order valence-electron chi connectivity index (χ1n) is 7.02. The third kappa shape index (κ3) is 2.29. The standard InChI is InChI=1S/C19H18N2/c1-4-5-6-9-14(2)17-12-16-15-10-7-8-11-18(15)21(3)19(16)13-20-17/h4-13H,1H2,2-3H3/b6-5-,14-9+. The molecule has 2 heterocycles. The van der Waals surface area contributed by atoms with Crippen LogP contribution in [0.1, 0.15) is 12.6 Å². The molecule has 0 atom stereocenters. The molecular weight excluding hydrogens is 256 g/mol. The summed E-state index contributed by atoms with van der Waals surface area (Å²) < 4.78 is 2.19. The Labute approximate surface area is 124 Å². The third-order valence-electron chi connectivity index (χ3n) is 3.80. The number of benzene rings is 1. The monoisotopic (exact) mass is 274 g/mol. The summed E-state index contributed by atoms with van der Waals surface area (Å²) in [6.07, 6.45) is 9.68. The van der Waals surface area contributed by atoms with Crippen molar-refractivity contribution in [2.75, 3.05) is 0 Å². The number of hydrogen-bond donors (Lipinski definition) is 0. The van der Waals surface area contributed by atoms with Crippen LogP contribution in [-0.2, 0) is 7.05 Å². The molecule has 0 saturated heterocycles. The van der Waals surface area contributed by atoms with Crippen LogP contribution in [0.5, 0.6) is 0 Å². The van der Waals surface area contributed by atoms with Crippen LogP contribution in [0, 0.1) is 0 Å². The molecule has 0 aliphatic heterocycles. The molecule has 21 heavy (non-hydrogen) atoms. The van der Waals surface area contributed by atoms with Gasteiger partial charge in [0.15, 0.2) is 0 Å². The fraction of sp³-hybridized carbons (Fsp3) is 0.105. The Balaban J connectivity index is 2.20. The summed E-state index contributed by atoms with van der Waals surface area (Å²) in [5.74, 6) is 0. The molecule has 2 aromatic heterocycles. The lowest BCUT2D eigenvalue weighted by atomic mass is 10.1. The van der Waals surface area contributed by atoms with E-state index < -0.39 is 0 Å². The molecule has 3 aromatic rings. The third-order valence-corrected chi connectivity index (χ3v) is 3.80. The van der Waals surface area contributed by atoms with Gasteiger partial charge in [-0.3, -0.25) is 4.98 Å². The number of aromatic nitrogens is 2. The molecular formula is C19H18N2. The minimum atomic E-state index is 1.01. The molecule has 0 aliphatic carbocycles. The Morgan fingerprint density at radius 1 is 1.14 bits per heavy atom. The van der Waals surface area contributed by atoms with E-state index in [1.54, 1.807) is 6.08 Å². The van der Waals surface area contributed by atoms with E-state index in [0.717, 1.165) is 16.8 Å². The zero-order chi connectivity index (χ0) is 14.8. The molecule has 0 saturated carbocycles. The number of para-hydroxylation sites is 1. The summed E-state index contributed by atoms with van der Waals surface area (Å²) in [5.41, 5.74) is 4.55. The van der Waals surface area contributed by atoms with Gasteiger partial charge >= 0.3 is 0 Å². The maximum absolute atomic E-state index is 4.59. The van der Waals surface area contributed by atoms with Crippen LogP contribution in [0.4, 0.5) is 0 Å². The molecule has 1 aromatic carbocycles. The zero-order valence-electron chi connectivity index (χ0n) is 12.4. The fourth-order valence-electron chi connectivity index (χ4n) is 2.63. The van der Waals surface area contributed by atoms with Crippen molar-refractivity contribution in [3.05, 3.63) is 73.1 Å². The van der Waals surface area contributed by atoms with Crippen molar-refractivity contribution in [1.29, 1.82) is 0 Å². The highest BCUT2D eigenvalue weighted by atomic mass is 14.9. The highest BCUT2D eigenvalue weighted by Gasteiger charge is 2.09. The molecule has 104 valence electrons. The lowest BCUT2D eigenvalue weighted by Gasteiger charge is -2.01. The number of pyridine rings is 1. The summed E-state index contributed by atoms with van der Waals surface area (Å²) >= 11 is 0. The minimum absolute atomic E-state index is 1.01.